The molecule has 0 aliphatic carbocycles. The molecule has 1 N–H and O–H groups in total. The molecule has 3 heterocycles. The highest BCUT2D eigenvalue weighted by molar-refractivity contribution is 8.19. The van der Waals surface area contributed by atoms with Crippen LogP contribution in [0.25, 0.3) is 6.08 Å². The zero-order valence-corrected chi connectivity index (χ0v) is 12.0. The van der Waals surface area contributed by atoms with Gasteiger partial charge in [0, 0.05) is 18.3 Å². The van der Waals surface area contributed by atoms with E-state index in [-0.39, 0.29) is 21.9 Å². The number of anilines is 1. The van der Waals surface area contributed by atoms with Gasteiger partial charge in [0.05, 0.1) is 16.7 Å². The van der Waals surface area contributed by atoms with Gasteiger partial charge in [0.2, 0.25) is 5.56 Å². The molecule has 1 fully saturated rings. The van der Waals surface area contributed by atoms with E-state index in [1.807, 2.05) is 0 Å². The van der Waals surface area contributed by atoms with Crippen molar-refractivity contribution in [2.24, 2.45) is 0 Å². The molecule has 2 amide bonds. The Kier molecular flexibility index (Phi) is 3.58. The number of hydrogen-bond acceptors (Lipinski definition) is 7. The average Bonchev–Trinajstić information content (AvgIpc) is 3.07. The standard InChI is InChI=1S/C13H7N3O6S/c17-10-3-1-7(6-14-10)15-12(18)9(23-13(15)19)5-8-2-4-11(22-8)16(20)21/h1-6H,(H,14,17)/b9-5-. The number of pyridine rings is 1. The monoisotopic (exact) mass is 333 g/mol. The van der Waals surface area contributed by atoms with E-state index < -0.39 is 22.0 Å². The minimum atomic E-state index is -0.705. The van der Waals surface area contributed by atoms with E-state index in [0.717, 1.165) is 11.0 Å². The van der Waals surface area contributed by atoms with Crippen LogP contribution in [0.1, 0.15) is 5.76 Å². The van der Waals surface area contributed by atoms with Crippen LogP contribution in [0.4, 0.5) is 16.4 Å². The number of carbonyl (C=O) groups is 2. The number of nitrogens with one attached hydrogen (secondary N) is 1. The molecule has 116 valence electrons. The zero-order chi connectivity index (χ0) is 16.6. The highest BCUT2D eigenvalue weighted by Crippen LogP contribution is 2.35. The Balaban J connectivity index is 1.91. The van der Waals surface area contributed by atoms with E-state index in [1.54, 1.807) is 0 Å². The van der Waals surface area contributed by atoms with Crippen molar-refractivity contribution in [2.45, 2.75) is 0 Å². The zero-order valence-electron chi connectivity index (χ0n) is 11.2. The smallest absolute Gasteiger partial charge is 0.401 e. The Morgan fingerprint density at radius 1 is 1.22 bits per heavy atom. The Morgan fingerprint density at radius 3 is 2.61 bits per heavy atom. The lowest BCUT2D eigenvalue weighted by Crippen LogP contribution is -2.28. The number of carbonyl (C=O) groups excluding carboxylic acids is 2. The molecule has 0 aromatic carbocycles. The fraction of sp³-hybridized carbons (Fsp3) is 0. The largest absolute Gasteiger partial charge is 0.433 e. The molecule has 1 saturated heterocycles. The molecule has 3 rings (SSSR count). The highest BCUT2D eigenvalue weighted by Gasteiger charge is 2.36. The molecule has 0 saturated carbocycles. The maximum Gasteiger partial charge on any atom is 0.433 e. The second kappa shape index (κ2) is 5.57. The molecule has 0 unspecified atom stereocenters. The number of thioether (sulfide) groups is 1. The van der Waals surface area contributed by atoms with E-state index in [2.05, 4.69) is 4.98 Å². The van der Waals surface area contributed by atoms with Crippen LogP contribution < -0.4 is 10.5 Å². The lowest BCUT2D eigenvalue weighted by molar-refractivity contribution is -0.402. The Hall–Kier alpha value is -3.14. The fourth-order valence-electron chi connectivity index (χ4n) is 1.88. The molecule has 2 aromatic rings. The first kappa shape index (κ1) is 14.8. The third-order valence-corrected chi connectivity index (χ3v) is 3.76. The summed E-state index contributed by atoms with van der Waals surface area (Å²) in [5.74, 6) is -0.981. The van der Waals surface area contributed by atoms with E-state index in [9.17, 15) is 24.5 Å². The number of hydrogen-bond donors (Lipinski definition) is 1. The first-order chi connectivity index (χ1) is 11.0. The van der Waals surface area contributed by atoms with Gasteiger partial charge < -0.3 is 9.40 Å². The van der Waals surface area contributed by atoms with Gasteiger partial charge in [-0.25, -0.2) is 4.90 Å². The third-order valence-electron chi connectivity index (χ3n) is 2.89. The quantitative estimate of drug-likeness (QED) is 0.517. The summed E-state index contributed by atoms with van der Waals surface area (Å²) in [6, 6.07) is 5.01. The number of aromatic amines is 1. The summed E-state index contributed by atoms with van der Waals surface area (Å²) in [6.07, 6.45) is 2.50. The summed E-state index contributed by atoms with van der Waals surface area (Å²) in [4.78, 5) is 48.5. The second-order valence-electron chi connectivity index (χ2n) is 4.36. The van der Waals surface area contributed by atoms with Crippen molar-refractivity contribution in [1.29, 1.82) is 0 Å². The fourth-order valence-corrected chi connectivity index (χ4v) is 2.70. The number of nitro groups is 1. The molecule has 23 heavy (non-hydrogen) atoms. The second-order valence-corrected chi connectivity index (χ2v) is 5.35. The average molecular weight is 333 g/mol. The molecule has 1 aliphatic heterocycles. The predicted octanol–water partition coefficient (Wildman–Crippen LogP) is 2.12. The Morgan fingerprint density at radius 2 is 2.00 bits per heavy atom. The highest BCUT2D eigenvalue weighted by atomic mass is 32.2. The molecule has 0 atom stereocenters. The normalized spacial score (nSPS) is 16.3. The van der Waals surface area contributed by atoms with E-state index in [1.165, 1.54) is 30.5 Å². The number of amides is 2. The number of nitrogens with zero attached hydrogens (tertiary/aromatic N) is 2. The first-order valence-corrected chi connectivity index (χ1v) is 6.98. The van der Waals surface area contributed by atoms with Gasteiger partial charge in [-0.2, -0.15) is 0 Å². The summed E-state index contributed by atoms with van der Waals surface area (Å²) in [5, 5.41) is 10.0. The van der Waals surface area contributed by atoms with Gasteiger partial charge in [0.15, 0.2) is 0 Å². The molecule has 9 nitrogen and oxygen atoms in total. The summed E-state index contributed by atoms with van der Waals surface area (Å²) in [5.41, 5.74) is -0.139. The van der Waals surface area contributed by atoms with Crippen molar-refractivity contribution in [3.8, 4) is 0 Å². The van der Waals surface area contributed by atoms with Crippen molar-refractivity contribution < 1.29 is 18.9 Å². The minimum Gasteiger partial charge on any atom is -0.401 e. The van der Waals surface area contributed by atoms with Crippen LogP contribution >= 0.6 is 11.8 Å². The van der Waals surface area contributed by atoms with E-state index in [4.69, 9.17) is 4.42 Å². The summed E-state index contributed by atoms with van der Waals surface area (Å²) in [7, 11) is 0. The van der Waals surface area contributed by atoms with Crippen molar-refractivity contribution in [2.75, 3.05) is 4.90 Å². The topological polar surface area (TPSA) is 127 Å². The number of imide groups is 1. The maximum absolute atomic E-state index is 12.3. The predicted molar refractivity (Wildman–Crippen MR) is 80.9 cm³/mol. The van der Waals surface area contributed by atoms with Crippen LogP contribution in [-0.2, 0) is 4.79 Å². The number of aromatic nitrogens is 1. The van der Waals surface area contributed by atoms with Crippen LogP contribution in [0.2, 0.25) is 0 Å². The molecule has 1 aliphatic rings. The van der Waals surface area contributed by atoms with Gasteiger partial charge in [-0.1, -0.05) is 0 Å². The van der Waals surface area contributed by atoms with Gasteiger partial charge >= 0.3 is 5.88 Å². The maximum atomic E-state index is 12.3. The minimum absolute atomic E-state index is 0.0606. The van der Waals surface area contributed by atoms with E-state index in [0.29, 0.717) is 11.8 Å². The first-order valence-electron chi connectivity index (χ1n) is 6.16. The third kappa shape index (κ3) is 2.79. The summed E-state index contributed by atoms with van der Waals surface area (Å²) >= 11 is 0.670. The molecule has 10 heteroatoms. The number of furan rings is 1. The van der Waals surface area contributed by atoms with Crippen LogP contribution in [0.3, 0.4) is 0 Å². The van der Waals surface area contributed by atoms with E-state index >= 15 is 0 Å². The molecule has 0 radical (unpaired) electrons. The van der Waals surface area contributed by atoms with Crippen LogP contribution in [0.5, 0.6) is 0 Å². The van der Waals surface area contributed by atoms with Crippen LogP contribution in [-0.4, -0.2) is 21.1 Å². The molecular weight excluding hydrogens is 326 g/mol. The summed E-state index contributed by atoms with van der Waals surface area (Å²) in [6.45, 7) is 0. The molecule has 0 spiro atoms. The van der Waals surface area contributed by atoms with Crippen LogP contribution in [0.15, 0.2) is 44.6 Å². The molecule has 0 bridgehead atoms. The van der Waals surface area contributed by atoms with Gasteiger partial charge in [0.1, 0.15) is 10.7 Å². The van der Waals surface area contributed by atoms with Crippen molar-refractivity contribution >= 4 is 40.6 Å². The van der Waals surface area contributed by atoms with Crippen molar-refractivity contribution in [3.63, 3.8) is 0 Å². The van der Waals surface area contributed by atoms with Gasteiger partial charge in [-0.05, 0) is 23.9 Å². The van der Waals surface area contributed by atoms with Gasteiger partial charge in [0.25, 0.3) is 11.1 Å². The molecule has 2 aromatic heterocycles. The number of rotatable bonds is 3. The lowest BCUT2D eigenvalue weighted by atomic mass is 10.3. The lowest BCUT2D eigenvalue weighted by Gasteiger charge is -2.11. The van der Waals surface area contributed by atoms with Crippen LogP contribution in [0, 0.1) is 10.1 Å². The number of H-pyrrole nitrogens is 1. The van der Waals surface area contributed by atoms with Crippen molar-refractivity contribution in [3.05, 3.63) is 61.6 Å². The Labute approximate surface area is 131 Å². The summed E-state index contributed by atoms with van der Waals surface area (Å²) < 4.78 is 4.93. The molecular formula is C13H7N3O6S. The SMILES string of the molecule is O=C1S/C(=C\c2ccc([N+](=O)[O-])o2)C(=O)N1c1ccc(=O)[nH]c1. The Bertz CT molecular complexity index is 892. The van der Waals surface area contributed by atoms with Crippen molar-refractivity contribution in [1.82, 2.24) is 4.98 Å². The van der Waals surface area contributed by atoms with Gasteiger partial charge in [-0.3, -0.25) is 24.5 Å². The van der Waals surface area contributed by atoms with Gasteiger partial charge in [-0.15, -0.1) is 0 Å².